The van der Waals surface area contributed by atoms with Crippen molar-refractivity contribution < 1.29 is 23.9 Å². The molecule has 3 amide bonds. The van der Waals surface area contributed by atoms with E-state index in [1.54, 1.807) is 28.0 Å². The molecule has 1 aromatic carbocycles. The Morgan fingerprint density at radius 1 is 1.03 bits per heavy atom. The minimum absolute atomic E-state index is 0.225. The van der Waals surface area contributed by atoms with Crippen molar-refractivity contribution in [1.82, 2.24) is 14.8 Å². The third kappa shape index (κ3) is 4.63. The summed E-state index contributed by atoms with van der Waals surface area (Å²) in [6.07, 6.45) is 3.60. The van der Waals surface area contributed by atoms with Crippen LogP contribution in [-0.2, 0) is 4.79 Å². The molecule has 1 N–H and O–H groups in total. The quantitative estimate of drug-likeness (QED) is 0.736. The molecule has 2 heterocycles. The fraction of sp³-hybridized carbons (Fsp3) is 0.300. The minimum atomic E-state index is -0.426. The van der Waals surface area contributed by atoms with Crippen LogP contribution in [-0.4, -0.2) is 73.4 Å². The molecule has 1 aromatic heterocycles. The summed E-state index contributed by atoms with van der Waals surface area (Å²) < 4.78 is 10.4. The summed E-state index contributed by atoms with van der Waals surface area (Å²) in [6, 6.07) is 6.56. The predicted octanol–water partition coefficient (Wildman–Crippen LogP) is 1.27. The Labute approximate surface area is 168 Å². The maximum Gasteiger partial charge on any atom is 0.257 e. The molecule has 0 saturated carbocycles. The molecule has 29 heavy (non-hydrogen) atoms. The summed E-state index contributed by atoms with van der Waals surface area (Å²) in [7, 11) is 3.03. The molecule has 2 aromatic rings. The topological polar surface area (TPSA) is 101 Å². The fourth-order valence-electron chi connectivity index (χ4n) is 3.00. The van der Waals surface area contributed by atoms with Gasteiger partial charge in [0, 0.05) is 44.6 Å². The number of amides is 3. The van der Waals surface area contributed by atoms with E-state index in [0.29, 0.717) is 48.9 Å². The molecule has 0 aliphatic carbocycles. The van der Waals surface area contributed by atoms with Crippen LogP contribution in [0.1, 0.15) is 20.7 Å². The van der Waals surface area contributed by atoms with Gasteiger partial charge >= 0.3 is 0 Å². The van der Waals surface area contributed by atoms with Gasteiger partial charge in [-0.25, -0.2) is 0 Å². The molecule has 1 aliphatic rings. The third-order valence-corrected chi connectivity index (χ3v) is 4.65. The molecule has 1 fully saturated rings. The number of piperazine rings is 1. The molecule has 0 unspecified atom stereocenters. The first kappa shape index (κ1) is 20.1. The third-order valence-electron chi connectivity index (χ3n) is 4.65. The van der Waals surface area contributed by atoms with Crippen molar-refractivity contribution in [2.75, 3.05) is 45.7 Å². The Kier molecular flexibility index (Phi) is 6.28. The first-order valence-corrected chi connectivity index (χ1v) is 9.02. The van der Waals surface area contributed by atoms with Crippen molar-refractivity contribution in [2.45, 2.75) is 0 Å². The number of anilines is 1. The minimum Gasteiger partial charge on any atom is -0.497 e. The summed E-state index contributed by atoms with van der Waals surface area (Å²) in [5.74, 6) is 0.395. The number of ether oxygens (including phenoxy) is 2. The van der Waals surface area contributed by atoms with E-state index in [4.69, 9.17) is 9.47 Å². The molecule has 0 atom stereocenters. The van der Waals surface area contributed by atoms with Gasteiger partial charge in [0.15, 0.2) is 0 Å². The molecular formula is C20H22N4O5. The SMILES string of the molecule is COc1ccc(OC)c(NC(=O)c2cncc(C(=O)N3CCN(C=O)CC3)c2)c1. The molecule has 9 nitrogen and oxygen atoms in total. The Bertz CT molecular complexity index is 909. The standard InChI is InChI=1S/C20H22N4O5/c1-28-16-3-4-18(29-2)17(10-16)22-19(26)14-9-15(12-21-11-14)20(27)24-7-5-23(13-25)6-8-24/h3-4,9-13H,5-8H2,1-2H3,(H,22,26). The van der Waals surface area contributed by atoms with Crippen molar-refractivity contribution in [1.29, 1.82) is 0 Å². The van der Waals surface area contributed by atoms with E-state index >= 15 is 0 Å². The highest BCUT2D eigenvalue weighted by molar-refractivity contribution is 6.06. The number of nitrogens with zero attached hydrogens (tertiary/aromatic N) is 3. The number of hydrogen-bond donors (Lipinski definition) is 1. The van der Waals surface area contributed by atoms with Gasteiger partial charge in [-0.05, 0) is 18.2 Å². The lowest BCUT2D eigenvalue weighted by Crippen LogP contribution is -2.48. The Hall–Kier alpha value is -3.62. The maximum atomic E-state index is 12.7. The Morgan fingerprint density at radius 3 is 2.41 bits per heavy atom. The van der Waals surface area contributed by atoms with Crippen molar-refractivity contribution in [3.8, 4) is 11.5 Å². The monoisotopic (exact) mass is 398 g/mol. The number of methoxy groups -OCH3 is 2. The summed E-state index contributed by atoms with van der Waals surface area (Å²) in [5.41, 5.74) is 1.00. The van der Waals surface area contributed by atoms with Crippen LogP contribution in [0.25, 0.3) is 0 Å². The zero-order chi connectivity index (χ0) is 20.8. The van der Waals surface area contributed by atoms with Crippen molar-refractivity contribution >= 4 is 23.9 Å². The van der Waals surface area contributed by atoms with Crippen molar-refractivity contribution in [2.24, 2.45) is 0 Å². The molecule has 9 heteroatoms. The Morgan fingerprint density at radius 2 is 1.76 bits per heavy atom. The van der Waals surface area contributed by atoms with Gasteiger partial charge in [-0.15, -0.1) is 0 Å². The average molecular weight is 398 g/mol. The number of nitrogens with one attached hydrogen (secondary N) is 1. The second-order valence-electron chi connectivity index (χ2n) is 6.42. The normalized spacial score (nSPS) is 13.6. The largest absolute Gasteiger partial charge is 0.497 e. The molecule has 152 valence electrons. The summed E-state index contributed by atoms with van der Waals surface area (Å²) in [4.78, 5) is 43.5. The van der Waals surface area contributed by atoms with Gasteiger partial charge in [-0.2, -0.15) is 0 Å². The Balaban J connectivity index is 1.75. The molecule has 0 radical (unpaired) electrons. The highest BCUT2D eigenvalue weighted by atomic mass is 16.5. The average Bonchev–Trinajstić information content (AvgIpc) is 2.78. The summed E-state index contributed by atoms with van der Waals surface area (Å²) in [6.45, 7) is 1.85. The highest BCUT2D eigenvalue weighted by Gasteiger charge is 2.22. The van der Waals surface area contributed by atoms with E-state index in [1.807, 2.05) is 0 Å². The van der Waals surface area contributed by atoms with Crippen LogP contribution < -0.4 is 14.8 Å². The van der Waals surface area contributed by atoms with Gasteiger partial charge in [-0.3, -0.25) is 19.4 Å². The van der Waals surface area contributed by atoms with Gasteiger partial charge in [0.25, 0.3) is 11.8 Å². The molecule has 0 spiro atoms. The second-order valence-corrected chi connectivity index (χ2v) is 6.42. The van der Waals surface area contributed by atoms with Crippen LogP contribution in [0.5, 0.6) is 11.5 Å². The van der Waals surface area contributed by atoms with Gasteiger partial charge in [0.1, 0.15) is 11.5 Å². The van der Waals surface area contributed by atoms with Gasteiger partial charge in [0.2, 0.25) is 6.41 Å². The molecule has 1 aliphatic heterocycles. The lowest BCUT2D eigenvalue weighted by molar-refractivity contribution is -0.119. The van der Waals surface area contributed by atoms with E-state index in [-0.39, 0.29) is 11.5 Å². The number of carbonyl (C=O) groups excluding carboxylic acids is 3. The molecule has 3 rings (SSSR count). The number of aromatic nitrogens is 1. The molecular weight excluding hydrogens is 376 g/mol. The molecule has 1 saturated heterocycles. The maximum absolute atomic E-state index is 12.7. The lowest BCUT2D eigenvalue weighted by Gasteiger charge is -2.32. The zero-order valence-electron chi connectivity index (χ0n) is 16.3. The predicted molar refractivity (Wildman–Crippen MR) is 105 cm³/mol. The lowest BCUT2D eigenvalue weighted by atomic mass is 10.1. The van der Waals surface area contributed by atoms with Crippen LogP contribution in [0.3, 0.4) is 0 Å². The first-order valence-electron chi connectivity index (χ1n) is 9.02. The van der Waals surface area contributed by atoms with Crippen molar-refractivity contribution in [3.63, 3.8) is 0 Å². The number of pyridine rings is 1. The van der Waals surface area contributed by atoms with Crippen LogP contribution in [0, 0.1) is 0 Å². The van der Waals surface area contributed by atoms with Gasteiger partial charge in [-0.1, -0.05) is 0 Å². The van der Waals surface area contributed by atoms with E-state index in [2.05, 4.69) is 10.3 Å². The van der Waals surface area contributed by atoms with E-state index < -0.39 is 5.91 Å². The van der Waals surface area contributed by atoms with Crippen molar-refractivity contribution in [3.05, 3.63) is 47.8 Å². The van der Waals surface area contributed by atoms with Gasteiger partial charge < -0.3 is 24.6 Å². The van der Waals surface area contributed by atoms with Gasteiger partial charge in [0.05, 0.1) is 31.0 Å². The number of hydrogen-bond acceptors (Lipinski definition) is 6. The fourth-order valence-corrected chi connectivity index (χ4v) is 3.00. The first-order chi connectivity index (χ1) is 14.0. The van der Waals surface area contributed by atoms with Crippen LogP contribution in [0.2, 0.25) is 0 Å². The highest BCUT2D eigenvalue weighted by Crippen LogP contribution is 2.29. The van der Waals surface area contributed by atoms with Crippen LogP contribution >= 0.6 is 0 Å². The molecule has 0 bridgehead atoms. The van der Waals surface area contributed by atoms with Crippen LogP contribution in [0.4, 0.5) is 5.69 Å². The summed E-state index contributed by atoms with van der Waals surface area (Å²) in [5, 5.41) is 2.76. The number of benzene rings is 1. The van der Waals surface area contributed by atoms with E-state index in [0.717, 1.165) is 6.41 Å². The van der Waals surface area contributed by atoms with E-state index in [9.17, 15) is 14.4 Å². The zero-order valence-corrected chi connectivity index (χ0v) is 16.3. The number of rotatable bonds is 6. The smallest absolute Gasteiger partial charge is 0.257 e. The second kappa shape index (κ2) is 9.05. The van der Waals surface area contributed by atoms with E-state index in [1.165, 1.54) is 32.7 Å². The van der Waals surface area contributed by atoms with Crippen LogP contribution in [0.15, 0.2) is 36.7 Å². The number of carbonyl (C=O) groups is 3. The summed E-state index contributed by atoms with van der Waals surface area (Å²) >= 11 is 0.